The van der Waals surface area contributed by atoms with Crippen LogP contribution in [0.1, 0.15) is 29.9 Å². The van der Waals surface area contributed by atoms with Gasteiger partial charge in [-0.2, -0.15) is 0 Å². The molecule has 0 fully saturated rings. The molecule has 0 spiro atoms. The molecule has 0 saturated carbocycles. The van der Waals surface area contributed by atoms with Crippen molar-refractivity contribution >= 4 is 11.7 Å². The Hall–Kier alpha value is -3.34. The molecule has 5 heteroatoms. The number of ether oxygens (including phenoxy) is 1. The third-order valence-corrected chi connectivity index (χ3v) is 3.69. The number of aliphatic imine (C=N–C) groups is 1. The lowest BCUT2D eigenvalue weighted by Gasteiger charge is -2.14. The van der Waals surface area contributed by atoms with Gasteiger partial charge in [0.2, 0.25) is 6.04 Å². The molecule has 0 amide bonds. The Morgan fingerprint density at radius 2 is 1.46 bits per heavy atom. The first kappa shape index (κ1) is 17.5. The van der Waals surface area contributed by atoms with Gasteiger partial charge in [0.05, 0.1) is 12.3 Å². The van der Waals surface area contributed by atoms with E-state index in [-0.39, 0.29) is 6.61 Å². The second-order valence-electron chi connectivity index (χ2n) is 5.47. The summed E-state index contributed by atoms with van der Waals surface area (Å²) in [5.74, 6) is -0.154. The van der Waals surface area contributed by atoms with Gasteiger partial charge < -0.3 is 4.74 Å². The Labute approximate surface area is 152 Å². The minimum Gasteiger partial charge on any atom is -0.464 e. The summed E-state index contributed by atoms with van der Waals surface area (Å²) in [6.07, 6.45) is 3.18. The second kappa shape index (κ2) is 8.67. The maximum atomic E-state index is 12.5. The predicted molar refractivity (Wildman–Crippen MR) is 99.9 cm³/mol. The molecule has 0 aliphatic rings. The number of carbonyl (C=O) groups excluding carboxylic acids is 1. The van der Waals surface area contributed by atoms with Crippen molar-refractivity contribution in [3.63, 3.8) is 0 Å². The minimum atomic E-state index is -0.924. The van der Waals surface area contributed by atoms with Crippen molar-refractivity contribution in [2.24, 2.45) is 4.99 Å². The van der Waals surface area contributed by atoms with E-state index >= 15 is 0 Å². The highest BCUT2D eigenvalue weighted by Crippen LogP contribution is 2.20. The Balaban J connectivity index is 2.12. The maximum Gasteiger partial charge on any atom is 0.338 e. The number of hydrogen-bond acceptors (Lipinski definition) is 5. The van der Waals surface area contributed by atoms with Crippen LogP contribution in [0.25, 0.3) is 0 Å². The minimum absolute atomic E-state index is 0.268. The van der Waals surface area contributed by atoms with Crippen molar-refractivity contribution in [3.8, 4) is 0 Å². The molecule has 130 valence electrons. The van der Waals surface area contributed by atoms with Gasteiger partial charge in [-0.1, -0.05) is 60.7 Å². The van der Waals surface area contributed by atoms with Crippen LogP contribution in [-0.4, -0.2) is 28.3 Å². The van der Waals surface area contributed by atoms with Crippen LogP contribution in [0.5, 0.6) is 0 Å². The topological polar surface area (TPSA) is 64.4 Å². The lowest BCUT2D eigenvalue weighted by molar-refractivity contribution is -0.144. The summed E-state index contributed by atoms with van der Waals surface area (Å²) in [7, 11) is 0. The summed E-state index contributed by atoms with van der Waals surface area (Å²) in [6.45, 7) is 2.03. The monoisotopic (exact) mass is 345 g/mol. The quantitative estimate of drug-likeness (QED) is 0.506. The summed E-state index contributed by atoms with van der Waals surface area (Å²) >= 11 is 0. The van der Waals surface area contributed by atoms with Gasteiger partial charge in [-0.05, 0) is 13.0 Å². The molecule has 0 saturated heterocycles. The molecule has 1 unspecified atom stereocenters. The van der Waals surface area contributed by atoms with Crippen molar-refractivity contribution in [1.29, 1.82) is 0 Å². The molecule has 0 bridgehead atoms. The van der Waals surface area contributed by atoms with Crippen LogP contribution in [-0.2, 0) is 9.53 Å². The van der Waals surface area contributed by atoms with Gasteiger partial charge in [0.1, 0.15) is 0 Å². The van der Waals surface area contributed by atoms with Gasteiger partial charge in [-0.3, -0.25) is 4.99 Å². The first-order valence-corrected chi connectivity index (χ1v) is 8.41. The van der Waals surface area contributed by atoms with Gasteiger partial charge >= 0.3 is 5.97 Å². The smallest absolute Gasteiger partial charge is 0.338 e. The van der Waals surface area contributed by atoms with E-state index in [1.165, 1.54) is 0 Å². The highest BCUT2D eigenvalue weighted by atomic mass is 16.5. The fourth-order valence-electron chi connectivity index (χ4n) is 2.53. The average molecular weight is 345 g/mol. The summed E-state index contributed by atoms with van der Waals surface area (Å²) in [5.41, 5.74) is 2.50. The van der Waals surface area contributed by atoms with E-state index in [9.17, 15) is 4.79 Å². The van der Waals surface area contributed by atoms with Crippen molar-refractivity contribution in [3.05, 3.63) is 96.1 Å². The van der Waals surface area contributed by atoms with Crippen LogP contribution in [0.15, 0.2) is 84.1 Å². The van der Waals surface area contributed by atoms with Crippen LogP contribution in [0, 0.1) is 0 Å². The molecule has 3 aromatic rings. The lowest BCUT2D eigenvalue weighted by atomic mass is 10.0. The Bertz CT molecular complexity index is 824. The first-order valence-electron chi connectivity index (χ1n) is 8.41. The van der Waals surface area contributed by atoms with E-state index in [0.717, 1.165) is 11.1 Å². The molecule has 1 heterocycles. The van der Waals surface area contributed by atoms with Crippen molar-refractivity contribution in [2.75, 3.05) is 6.61 Å². The molecule has 26 heavy (non-hydrogen) atoms. The molecule has 1 aromatic heterocycles. The Kier molecular flexibility index (Phi) is 5.83. The van der Waals surface area contributed by atoms with E-state index in [2.05, 4.69) is 9.97 Å². The predicted octanol–water partition coefficient (Wildman–Crippen LogP) is 3.62. The third-order valence-electron chi connectivity index (χ3n) is 3.69. The zero-order chi connectivity index (χ0) is 18.2. The molecular weight excluding hydrogens is 326 g/mol. The van der Waals surface area contributed by atoms with Crippen molar-refractivity contribution in [1.82, 2.24) is 9.97 Å². The van der Waals surface area contributed by atoms with Gasteiger partial charge in [0.25, 0.3) is 0 Å². The number of aromatic nitrogens is 2. The van der Waals surface area contributed by atoms with Crippen molar-refractivity contribution in [2.45, 2.75) is 13.0 Å². The fourth-order valence-corrected chi connectivity index (χ4v) is 2.53. The van der Waals surface area contributed by atoms with Crippen LogP contribution in [0.4, 0.5) is 0 Å². The molecule has 0 aliphatic carbocycles. The summed E-state index contributed by atoms with van der Waals surface area (Å²) < 4.78 is 5.21. The molecule has 5 nitrogen and oxygen atoms in total. The summed E-state index contributed by atoms with van der Waals surface area (Å²) in [6, 6.07) is 20.2. The van der Waals surface area contributed by atoms with E-state index in [4.69, 9.17) is 9.73 Å². The normalized spacial score (nSPS) is 11.4. The molecular formula is C21H19N3O2. The van der Waals surface area contributed by atoms with Crippen LogP contribution < -0.4 is 0 Å². The third kappa shape index (κ3) is 4.19. The van der Waals surface area contributed by atoms with Gasteiger partial charge in [-0.15, -0.1) is 0 Å². The van der Waals surface area contributed by atoms with Crippen LogP contribution in [0.2, 0.25) is 0 Å². The number of hydrogen-bond donors (Lipinski definition) is 0. The number of benzene rings is 2. The van der Waals surface area contributed by atoms with Gasteiger partial charge in [0, 0.05) is 23.5 Å². The number of nitrogens with zero attached hydrogens (tertiary/aromatic N) is 3. The maximum absolute atomic E-state index is 12.5. The van der Waals surface area contributed by atoms with E-state index in [1.807, 2.05) is 60.7 Å². The van der Waals surface area contributed by atoms with Crippen LogP contribution in [0.3, 0.4) is 0 Å². The molecule has 0 N–H and O–H groups in total. The highest BCUT2D eigenvalue weighted by molar-refractivity contribution is 6.13. The lowest BCUT2D eigenvalue weighted by Crippen LogP contribution is -2.19. The van der Waals surface area contributed by atoms with Gasteiger partial charge in [0.15, 0.2) is 5.82 Å². The van der Waals surface area contributed by atoms with Gasteiger partial charge in [-0.25, -0.2) is 14.8 Å². The zero-order valence-corrected chi connectivity index (χ0v) is 14.4. The molecule has 1 atom stereocenters. The Morgan fingerprint density at radius 1 is 0.923 bits per heavy atom. The average Bonchev–Trinajstić information content (AvgIpc) is 2.71. The van der Waals surface area contributed by atoms with E-state index < -0.39 is 12.0 Å². The number of rotatable bonds is 6. The highest BCUT2D eigenvalue weighted by Gasteiger charge is 2.25. The van der Waals surface area contributed by atoms with Crippen molar-refractivity contribution < 1.29 is 9.53 Å². The number of carbonyl (C=O) groups is 1. The first-order chi connectivity index (χ1) is 12.8. The molecule has 0 radical (unpaired) electrons. The summed E-state index contributed by atoms with van der Waals surface area (Å²) in [4.78, 5) is 25.7. The fraction of sp³-hybridized carbons (Fsp3) is 0.143. The van der Waals surface area contributed by atoms with E-state index in [1.54, 1.807) is 25.4 Å². The zero-order valence-electron chi connectivity index (χ0n) is 14.4. The molecule has 2 aromatic carbocycles. The number of esters is 1. The molecule has 0 aliphatic heterocycles. The standard InChI is InChI=1S/C21H19N3O2/c1-2-26-21(25)19(20-22-14-9-15-23-20)24-18(16-10-5-3-6-11-16)17-12-7-4-8-13-17/h3-15,19H,2H2,1H3. The van der Waals surface area contributed by atoms with E-state index in [0.29, 0.717) is 11.5 Å². The second-order valence-corrected chi connectivity index (χ2v) is 5.47. The summed E-state index contributed by atoms with van der Waals surface area (Å²) in [5, 5.41) is 0. The SMILES string of the molecule is CCOC(=O)C(N=C(c1ccccc1)c1ccccc1)c1ncccn1. The Morgan fingerprint density at radius 3 is 1.96 bits per heavy atom. The molecule has 3 rings (SSSR count). The van der Waals surface area contributed by atoms with Crippen LogP contribution >= 0.6 is 0 Å². The largest absolute Gasteiger partial charge is 0.464 e.